The Morgan fingerprint density at radius 3 is 2.76 bits per heavy atom. The molecular formula is C19H13F2N7O. The van der Waals surface area contributed by atoms with Gasteiger partial charge in [-0.3, -0.25) is 4.79 Å². The average molecular weight is 393 g/mol. The number of fused-ring (bicyclic) bond motifs is 1. The smallest absolute Gasteiger partial charge is 0.294 e. The number of aromatic nitrogens is 5. The van der Waals surface area contributed by atoms with Crippen LogP contribution in [0.1, 0.15) is 28.2 Å². The Labute approximate surface area is 162 Å². The molecule has 2 N–H and O–H groups in total. The second kappa shape index (κ2) is 7.12. The van der Waals surface area contributed by atoms with Crippen LogP contribution in [-0.2, 0) is 7.05 Å². The van der Waals surface area contributed by atoms with E-state index in [1.165, 1.54) is 35.3 Å². The van der Waals surface area contributed by atoms with Gasteiger partial charge in [0.1, 0.15) is 23.9 Å². The summed E-state index contributed by atoms with van der Waals surface area (Å²) in [6.07, 6.45) is -1.44. The first kappa shape index (κ1) is 18.2. The van der Waals surface area contributed by atoms with Crippen molar-refractivity contribution in [3.05, 3.63) is 59.7 Å². The minimum Gasteiger partial charge on any atom is -0.338 e. The van der Waals surface area contributed by atoms with Crippen molar-refractivity contribution in [3.8, 4) is 17.3 Å². The number of alkyl halides is 2. The summed E-state index contributed by atoms with van der Waals surface area (Å²) in [7, 11) is 1.58. The van der Waals surface area contributed by atoms with Crippen molar-refractivity contribution < 1.29 is 13.6 Å². The fourth-order valence-electron chi connectivity index (χ4n) is 3.05. The fourth-order valence-corrected chi connectivity index (χ4v) is 3.05. The van der Waals surface area contributed by atoms with Crippen LogP contribution in [-0.4, -0.2) is 30.6 Å². The minimum atomic E-state index is -2.70. The zero-order valence-corrected chi connectivity index (χ0v) is 15.0. The summed E-state index contributed by atoms with van der Waals surface area (Å²) < 4.78 is 28.1. The quantitative estimate of drug-likeness (QED) is 0.552. The molecule has 0 saturated heterocycles. The standard InChI is InChI=1S/C19H13F2N7O/c1-28-18(23-9-24-28)19(29)26-14-7-6-12-13(8-22)15(27-17(12)25-14)10-4-2-3-5-11(10)16(20)21/h2-7,9,16H,1H3,(H2,25,26,27,29). The number of H-pyrrole nitrogens is 1. The van der Waals surface area contributed by atoms with E-state index in [0.717, 1.165) is 0 Å². The van der Waals surface area contributed by atoms with E-state index in [2.05, 4.69) is 25.4 Å². The molecule has 0 aliphatic carbocycles. The Bertz CT molecular complexity index is 1270. The van der Waals surface area contributed by atoms with Gasteiger partial charge in [0.05, 0.1) is 11.3 Å². The molecule has 1 amide bonds. The molecule has 0 spiro atoms. The SMILES string of the molecule is Cn1ncnc1C(=O)Nc1ccc2c(C#N)c(-c3ccccc3C(F)F)[nH]c2n1. The molecule has 8 nitrogen and oxygen atoms in total. The molecule has 3 aromatic heterocycles. The van der Waals surface area contributed by atoms with E-state index in [1.54, 1.807) is 19.2 Å². The van der Waals surface area contributed by atoms with Gasteiger partial charge < -0.3 is 10.3 Å². The highest BCUT2D eigenvalue weighted by molar-refractivity contribution is 6.02. The lowest BCUT2D eigenvalue weighted by atomic mass is 10.0. The minimum absolute atomic E-state index is 0.0997. The molecule has 0 fully saturated rings. The second-order valence-electron chi connectivity index (χ2n) is 6.13. The Kier molecular flexibility index (Phi) is 4.48. The van der Waals surface area contributed by atoms with E-state index in [1.807, 2.05) is 6.07 Å². The number of anilines is 1. The summed E-state index contributed by atoms with van der Waals surface area (Å²) in [5.41, 5.74) is 0.777. The van der Waals surface area contributed by atoms with Crippen LogP contribution in [0.25, 0.3) is 22.3 Å². The lowest BCUT2D eigenvalue weighted by Gasteiger charge is -2.07. The van der Waals surface area contributed by atoms with Crippen LogP contribution in [0.4, 0.5) is 14.6 Å². The summed E-state index contributed by atoms with van der Waals surface area (Å²) in [5, 5.41) is 16.5. The Morgan fingerprint density at radius 1 is 1.28 bits per heavy atom. The molecule has 0 unspecified atom stereocenters. The van der Waals surface area contributed by atoms with Crippen LogP contribution in [0.5, 0.6) is 0 Å². The van der Waals surface area contributed by atoms with E-state index in [9.17, 15) is 18.8 Å². The normalized spacial score (nSPS) is 11.0. The number of halogens is 2. The van der Waals surface area contributed by atoms with Crippen molar-refractivity contribution >= 4 is 22.8 Å². The predicted octanol–water partition coefficient (Wildman–Crippen LogP) is 3.42. The van der Waals surface area contributed by atoms with E-state index >= 15 is 0 Å². The summed E-state index contributed by atoms with van der Waals surface area (Å²) in [6, 6.07) is 11.1. The molecule has 0 aliphatic rings. The number of carbonyl (C=O) groups is 1. The highest BCUT2D eigenvalue weighted by Gasteiger charge is 2.21. The van der Waals surface area contributed by atoms with Gasteiger partial charge in [-0.1, -0.05) is 24.3 Å². The van der Waals surface area contributed by atoms with Gasteiger partial charge in [-0.25, -0.2) is 23.4 Å². The fraction of sp³-hybridized carbons (Fsp3) is 0.105. The van der Waals surface area contributed by atoms with Crippen LogP contribution in [0.2, 0.25) is 0 Å². The van der Waals surface area contributed by atoms with E-state index in [4.69, 9.17) is 0 Å². The number of nitrogens with zero attached hydrogens (tertiary/aromatic N) is 5. The number of aromatic amines is 1. The zero-order chi connectivity index (χ0) is 20.5. The summed E-state index contributed by atoms with van der Waals surface area (Å²) in [6.45, 7) is 0. The van der Waals surface area contributed by atoms with Gasteiger partial charge in [0.2, 0.25) is 5.82 Å². The zero-order valence-electron chi connectivity index (χ0n) is 15.0. The van der Waals surface area contributed by atoms with E-state index < -0.39 is 12.3 Å². The summed E-state index contributed by atoms with van der Waals surface area (Å²) >= 11 is 0. The molecule has 29 heavy (non-hydrogen) atoms. The van der Waals surface area contributed by atoms with Gasteiger partial charge >= 0.3 is 0 Å². The maximum atomic E-state index is 13.4. The predicted molar refractivity (Wildman–Crippen MR) is 100 cm³/mol. The number of benzene rings is 1. The van der Waals surface area contributed by atoms with Crippen molar-refractivity contribution in [2.75, 3.05) is 5.32 Å². The van der Waals surface area contributed by atoms with Crippen LogP contribution in [0.3, 0.4) is 0 Å². The van der Waals surface area contributed by atoms with Crippen molar-refractivity contribution in [2.24, 2.45) is 7.05 Å². The van der Waals surface area contributed by atoms with Crippen molar-refractivity contribution in [1.82, 2.24) is 24.7 Å². The van der Waals surface area contributed by atoms with Gasteiger partial charge in [-0.15, -0.1) is 0 Å². The molecule has 0 aliphatic heterocycles. The third-order valence-corrected chi connectivity index (χ3v) is 4.39. The maximum absolute atomic E-state index is 13.4. The van der Waals surface area contributed by atoms with Crippen LogP contribution >= 0.6 is 0 Å². The first-order valence-corrected chi connectivity index (χ1v) is 8.45. The van der Waals surface area contributed by atoms with Crippen molar-refractivity contribution in [1.29, 1.82) is 5.26 Å². The topological polar surface area (TPSA) is 112 Å². The Hall–Kier alpha value is -4.13. The number of pyridine rings is 1. The van der Waals surface area contributed by atoms with E-state index in [-0.39, 0.29) is 39.7 Å². The molecule has 144 valence electrons. The Balaban J connectivity index is 1.77. The molecule has 0 bridgehead atoms. The number of carbonyl (C=O) groups excluding carboxylic acids is 1. The number of amides is 1. The molecule has 4 rings (SSSR count). The molecule has 1 aromatic carbocycles. The van der Waals surface area contributed by atoms with Gasteiger partial charge in [0.15, 0.2) is 0 Å². The van der Waals surface area contributed by atoms with Gasteiger partial charge in [-0.05, 0) is 12.1 Å². The number of nitrogens with one attached hydrogen (secondary N) is 2. The van der Waals surface area contributed by atoms with Crippen LogP contribution in [0.15, 0.2) is 42.7 Å². The van der Waals surface area contributed by atoms with Crippen LogP contribution in [0, 0.1) is 11.3 Å². The maximum Gasteiger partial charge on any atom is 0.294 e. The van der Waals surface area contributed by atoms with Gasteiger partial charge in [0, 0.05) is 23.6 Å². The van der Waals surface area contributed by atoms with Gasteiger partial charge in [0.25, 0.3) is 12.3 Å². The molecule has 3 heterocycles. The first-order chi connectivity index (χ1) is 14.0. The molecule has 0 atom stereocenters. The number of aryl methyl sites for hydroxylation is 1. The number of nitriles is 1. The van der Waals surface area contributed by atoms with Crippen LogP contribution < -0.4 is 5.32 Å². The summed E-state index contributed by atoms with van der Waals surface area (Å²) in [4.78, 5) is 23.4. The number of hydrogen-bond acceptors (Lipinski definition) is 5. The second-order valence-corrected chi connectivity index (χ2v) is 6.13. The molecular weight excluding hydrogens is 380 g/mol. The van der Waals surface area contributed by atoms with Crippen molar-refractivity contribution in [3.63, 3.8) is 0 Å². The monoisotopic (exact) mass is 393 g/mol. The van der Waals surface area contributed by atoms with Gasteiger partial charge in [-0.2, -0.15) is 10.4 Å². The lowest BCUT2D eigenvalue weighted by molar-refractivity contribution is 0.101. The third kappa shape index (κ3) is 3.19. The molecule has 4 aromatic rings. The number of hydrogen-bond donors (Lipinski definition) is 2. The third-order valence-electron chi connectivity index (χ3n) is 4.39. The molecule has 0 saturated carbocycles. The Morgan fingerprint density at radius 2 is 2.07 bits per heavy atom. The lowest BCUT2D eigenvalue weighted by Crippen LogP contribution is -2.18. The highest BCUT2D eigenvalue weighted by Crippen LogP contribution is 2.35. The number of rotatable bonds is 4. The first-order valence-electron chi connectivity index (χ1n) is 8.45. The largest absolute Gasteiger partial charge is 0.338 e. The van der Waals surface area contributed by atoms with Crippen molar-refractivity contribution in [2.45, 2.75) is 6.43 Å². The summed E-state index contributed by atoms with van der Waals surface area (Å²) in [5.74, 6) is -0.195. The molecule has 10 heteroatoms. The highest BCUT2D eigenvalue weighted by atomic mass is 19.3. The molecule has 0 radical (unpaired) electrons. The van der Waals surface area contributed by atoms with E-state index in [0.29, 0.717) is 5.39 Å². The average Bonchev–Trinajstić information content (AvgIpc) is 3.30.